The third-order valence-corrected chi connectivity index (χ3v) is 5.00. The predicted molar refractivity (Wildman–Crippen MR) is 121 cm³/mol. The Kier molecular flexibility index (Phi) is 6.34. The van der Waals surface area contributed by atoms with E-state index in [4.69, 9.17) is 25.8 Å². The first-order chi connectivity index (χ1) is 15.1. The van der Waals surface area contributed by atoms with Crippen molar-refractivity contribution >= 4 is 29.5 Å². The van der Waals surface area contributed by atoms with Crippen LogP contribution in [-0.2, 0) is 9.53 Å². The van der Waals surface area contributed by atoms with Crippen molar-refractivity contribution in [3.63, 3.8) is 0 Å². The van der Waals surface area contributed by atoms with Crippen LogP contribution in [0, 0.1) is 6.92 Å². The summed E-state index contributed by atoms with van der Waals surface area (Å²) in [7, 11) is 0. The highest BCUT2D eigenvalue weighted by Gasteiger charge is 2.23. The molecule has 0 saturated carbocycles. The lowest BCUT2D eigenvalue weighted by molar-refractivity contribution is -0.129. The van der Waals surface area contributed by atoms with Gasteiger partial charge in [0.15, 0.2) is 5.70 Å². The van der Waals surface area contributed by atoms with Crippen LogP contribution in [0.4, 0.5) is 0 Å². The largest absolute Gasteiger partial charge is 0.490 e. The van der Waals surface area contributed by atoms with E-state index < -0.39 is 5.97 Å². The summed E-state index contributed by atoms with van der Waals surface area (Å²) >= 11 is 6.01. The van der Waals surface area contributed by atoms with E-state index in [2.05, 4.69) is 4.99 Å². The lowest BCUT2D eigenvalue weighted by atomic mass is 10.2. The number of aliphatic imine (C=N–C) groups is 1. The highest BCUT2D eigenvalue weighted by atomic mass is 35.5. The van der Waals surface area contributed by atoms with Gasteiger partial charge in [0.1, 0.15) is 24.7 Å². The average molecular weight is 434 g/mol. The maximum Gasteiger partial charge on any atom is 0.363 e. The Morgan fingerprint density at radius 3 is 2.32 bits per heavy atom. The molecule has 5 nitrogen and oxygen atoms in total. The normalized spacial score (nSPS) is 14.3. The number of carbonyl (C=O) groups is 1. The topological polar surface area (TPSA) is 57.1 Å². The molecule has 156 valence electrons. The maximum atomic E-state index is 12.1. The summed E-state index contributed by atoms with van der Waals surface area (Å²) in [4.78, 5) is 16.4. The van der Waals surface area contributed by atoms with Crippen LogP contribution < -0.4 is 9.47 Å². The zero-order chi connectivity index (χ0) is 21.6. The molecule has 31 heavy (non-hydrogen) atoms. The van der Waals surface area contributed by atoms with Gasteiger partial charge in [-0.05, 0) is 66.6 Å². The lowest BCUT2D eigenvalue weighted by Crippen LogP contribution is -2.09. The van der Waals surface area contributed by atoms with Crippen molar-refractivity contribution in [2.24, 2.45) is 4.99 Å². The number of aryl methyl sites for hydroxylation is 1. The van der Waals surface area contributed by atoms with Crippen molar-refractivity contribution in [1.82, 2.24) is 0 Å². The number of esters is 1. The first kappa shape index (κ1) is 20.7. The van der Waals surface area contributed by atoms with Crippen LogP contribution in [0.2, 0.25) is 5.02 Å². The minimum Gasteiger partial charge on any atom is -0.490 e. The molecule has 0 spiro atoms. The standard InChI is InChI=1S/C25H20ClNO4/c1-17-15-21(11-12-22(17)26)30-14-13-29-20-9-7-18(8-10-20)16-23-25(28)31-24(27-23)19-5-3-2-4-6-19/h2-12,15-16H,13-14H2,1H3/b23-16-. The summed E-state index contributed by atoms with van der Waals surface area (Å²) in [5, 5.41) is 0.714. The van der Waals surface area contributed by atoms with Gasteiger partial charge in [0.2, 0.25) is 5.90 Å². The van der Waals surface area contributed by atoms with Gasteiger partial charge in [0.05, 0.1) is 0 Å². The summed E-state index contributed by atoms with van der Waals surface area (Å²) in [6.45, 7) is 2.75. The van der Waals surface area contributed by atoms with Gasteiger partial charge in [0.25, 0.3) is 0 Å². The SMILES string of the molecule is Cc1cc(OCCOc2ccc(/C=C3\N=C(c4ccccc4)OC3=O)cc2)ccc1Cl. The van der Waals surface area contributed by atoms with Crippen LogP contribution in [0.15, 0.2) is 83.5 Å². The van der Waals surface area contributed by atoms with E-state index in [0.29, 0.717) is 29.9 Å². The summed E-state index contributed by atoms with van der Waals surface area (Å²) < 4.78 is 16.7. The molecule has 0 saturated heterocycles. The summed E-state index contributed by atoms with van der Waals surface area (Å²) in [6.07, 6.45) is 1.69. The summed E-state index contributed by atoms with van der Waals surface area (Å²) in [6, 6.07) is 22.2. The zero-order valence-corrected chi connectivity index (χ0v) is 17.6. The van der Waals surface area contributed by atoms with Crippen LogP contribution >= 0.6 is 11.6 Å². The number of cyclic esters (lactones) is 1. The van der Waals surface area contributed by atoms with Crippen LogP contribution in [0.3, 0.4) is 0 Å². The number of ether oxygens (including phenoxy) is 3. The Bertz CT molecular complexity index is 1140. The van der Waals surface area contributed by atoms with Gasteiger partial charge >= 0.3 is 5.97 Å². The maximum absolute atomic E-state index is 12.1. The molecule has 3 aromatic rings. The fourth-order valence-corrected chi connectivity index (χ4v) is 3.08. The number of nitrogens with zero attached hydrogens (tertiary/aromatic N) is 1. The quantitative estimate of drug-likeness (QED) is 0.282. The second-order valence-corrected chi connectivity index (χ2v) is 7.29. The minimum absolute atomic E-state index is 0.263. The molecule has 4 rings (SSSR count). The molecular weight excluding hydrogens is 414 g/mol. The van der Waals surface area contributed by atoms with Gasteiger partial charge < -0.3 is 14.2 Å². The number of benzene rings is 3. The Balaban J connectivity index is 1.32. The molecule has 0 fully saturated rings. The van der Waals surface area contributed by atoms with E-state index in [9.17, 15) is 4.79 Å². The van der Waals surface area contributed by atoms with Crippen molar-refractivity contribution < 1.29 is 19.0 Å². The van der Waals surface area contributed by atoms with Gasteiger partial charge in [-0.25, -0.2) is 9.79 Å². The summed E-state index contributed by atoms with van der Waals surface area (Å²) in [5.74, 6) is 1.31. The molecule has 6 heteroatoms. The van der Waals surface area contributed by atoms with Crippen LogP contribution in [0.25, 0.3) is 6.08 Å². The third-order valence-electron chi connectivity index (χ3n) is 4.57. The lowest BCUT2D eigenvalue weighted by Gasteiger charge is -2.09. The molecule has 0 radical (unpaired) electrons. The molecule has 1 heterocycles. The predicted octanol–water partition coefficient (Wildman–Crippen LogP) is 5.45. The smallest absolute Gasteiger partial charge is 0.363 e. The molecular formula is C25H20ClNO4. The van der Waals surface area contributed by atoms with Crippen molar-refractivity contribution in [2.75, 3.05) is 13.2 Å². The number of rotatable bonds is 7. The molecule has 3 aromatic carbocycles. The van der Waals surface area contributed by atoms with E-state index in [1.807, 2.05) is 79.7 Å². The average Bonchev–Trinajstić information content (AvgIpc) is 3.15. The molecule has 0 unspecified atom stereocenters. The molecule has 0 aromatic heterocycles. The van der Waals surface area contributed by atoms with Crippen molar-refractivity contribution in [3.05, 3.63) is 100 Å². The second-order valence-electron chi connectivity index (χ2n) is 6.88. The van der Waals surface area contributed by atoms with Crippen molar-refractivity contribution in [3.8, 4) is 11.5 Å². The second kappa shape index (κ2) is 9.49. The van der Waals surface area contributed by atoms with E-state index >= 15 is 0 Å². The zero-order valence-electron chi connectivity index (χ0n) is 16.9. The number of carbonyl (C=O) groups excluding carboxylic acids is 1. The van der Waals surface area contributed by atoms with E-state index in [1.54, 1.807) is 6.08 Å². The first-order valence-electron chi connectivity index (χ1n) is 9.78. The van der Waals surface area contributed by atoms with Crippen LogP contribution in [0.1, 0.15) is 16.7 Å². The highest BCUT2D eigenvalue weighted by molar-refractivity contribution is 6.31. The van der Waals surface area contributed by atoms with Gasteiger partial charge in [-0.2, -0.15) is 0 Å². The number of hydrogen-bond acceptors (Lipinski definition) is 5. The van der Waals surface area contributed by atoms with Gasteiger partial charge in [-0.1, -0.05) is 41.9 Å². The van der Waals surface area contributed by atoms with Gasteiger partial charge in [-0.3, -0.25) is 0 Å². The molecule has 1 aliphatic rings. The Labute approximate surface area is 185 Å². The van der Waals surface area contributed by atoms with Crippen molar-refractivity contribution in [2.45, 2.75) is 6.92 Å². The van der Waals surface area contributed by atoms with Gasteiger partial charge in [0, 0.05) is 10.6 Å². The fourth-order valence-electron chi connectivity index (χ4n) is 2.96. The van der Waals surface area contributed by atoms with Crippen molar-refractivity contribution in [1.29, 1.82) is 0 Å². The molecule has 0 N–H and O–H groups in total. The number of hydrogen-bond donors (Lipinski definition) is 0. The first-order valence-corrected chi connectivity index (χ1v) is 10.2. The van der Waals surface area contributed by atoms with Crippen LogP contribution in [0.5, 0.6) is 11.5 Å². The highest BCUT2D eigenvalue weighted by Crippen LogP contribution is 2.22. The third kappa shape index (κ3) is 5.32. The molecule has 0 bridgehead atoms. The number of halogens is 1. The summed E-state index contributed by atoms with van der Waals surface area (Å²) in [5.41, 5.74) is 2.82. The Morgan fingerprint density at radius 2 is 1.61 bits per heavy atom. The van der Waals surface area contributed by atoms with Gasteiger partial charge in [-0.15, -0.1) is 0 Å². The molecule has 0 amide bonds. The van der Waals surface area contributed by atoms with E-state index in [1.165, 1.54) is 0 Å². The Morgan fingerprint density at radius 1 is 0.935 bits per heavy atom. The molecule has 0 aliphatic carbocycles. The minimum atomic E-state index is -0.464. The van der Waals surface area contributed by atoms with E-state index in [0.717, 1.165) is 22.4 Å². The van der Waals surface area contributed by atoms with Crippen LogP contribution in [-0.4, -0.2) is 25.1 Å². The van der Waals surface area contributed by atoms with E-state index in [-0.39, 0.29) is 5.70 Å². The molecule has 1 aliphatic heterocycles. The Hall–Kier alpha value is -3.57. The molecule has 0 atom stereocenters. The monoisotopic (exact) mass is 433 g/mol. The fraction of sp³-hybridized carbons (Fsp3) is 0.120.